The van der Waals surface area contributed by atoms with Crippen LogP contribution in [0.3, 0.4) is 0 Å². The molecule has 0 aliphatic carbocycles. The second-order valence-corrected chi connectivity index (χ2v) is 11.9. The van der Waals surface area contributed by atoms with Gasteiger partial charge in [0.05, 0.1) is 15.9 Å². The third-order valence-corrected chi connectivity index (χ3v) is 8.67. The molecule has 0 unspecified atom stereocenters. The number of halogens is 3. The molecule has 0 aliphatic rings. The Balaban J connectivity index is 1.53. The highest BCUT2D eigenvalue weighted by molar-refractivity contribution is 7.99. The minimum absolute atomic E-state index is 0.683. The lowest BCUT2D eigenvalue weighted by atomic mass is 9.91. The molecule has 185 valence electrons. The van der Waals surface area contributed by atoms with E-state index < -0.39 is 0 Å². The van der Waals surface area contributed by atoms with Crippen molar-refractivity contribution in [2.75, 3.05) is 0 Å². The molecule has 0 fully saturated rings. The van der Waals surface area contributed by atoms with Crippen LogP contribution in [0.25, 0.3) is 43.6 Å². The zero-order valence-corrected chi connectivity index (χ0v) is 23.6. The van der Waals surface area contributed by atoms with E-state index in [2.05, 4.69) is 18.2 Å². The predicted molar refractivity (Wildman–Crippen MR) is 165 cm³/mol. The molecule has 0 saturated heterocycles. The van der Waals surface area contributed by atoms with Crippen LogP contribution in [-0.2, 0) is 0 Å². The highest BCUT2D eigenvalue weighted by Crippen LogP contribution is 2.44. The fourth-order valence-electron chi connectivity index (χ4n) is 4.22. The quantitative estimate of drug-likeness (QED) is 0.181. The highest BCUT2D eigenvalue weighted by atomic mass is 35.5. The summed E-state index contributed by atoms with van der Waals surface area (Å²) < 4.78 is 7.12. The van der Waals surface area contributed by atoms with E-state index in [9.17, 15) is 0 Å². The Hall–Kier alpha value is -2.99. The van der Waals surface area contributed by atoms with E-state index in [0.29, 0.717) is 15.1 Å². The maximum absolute atomic E-state index is 6.24. The SMILES string of the molecule is Clc1ccc(-c2cc(-c3ccc(Cl)cc3)c([N]Sc3nc4ccccc4s3)c(-c3ccc(Cl)cc3)c2)cc1. The van der Waals surface area contributed by atoms with Gasteiger partial charge in [-0.25, -0.2) is 9.71 Å². The molecule has 1 radical (unpaired) electrons. The Labute approximate surface area is 244 Å². The molecule has 0 N–H and O–H groups in total. The van der Waals surface area contributed by atoms with Crippen LogP contribution in [0, 0.1) is 0 Å². The van der Waals surface area contributed by atoms with Gasteiger partial charge in [-0.05, 0) is 82.9 Å². The van der Waals surface area contributed by atoms with Crippen LogP contribution in [-0.4, -0.2) is 4.98 Å². The Morgan fingerprint density at radius 2 is 1.08 bits per heavy atom. The van der Waals surface area contributed by atoms with Crippen LogP contribution < -0.4 is 4.72 Å². The van der Waals surface area contributed by atoms with Crippen LogP contribution in [0.1, 0.15) is 0 Å². The topological polar surface area (TPSA) is 27.0 Å². The molecule has 6 rings (SSSR count). The molecular formula is C31H18Cl3N2S2. The van der Waals surface area contributed by atoms with Crippen molar-refractivity contribution in [1.29, 1.82) is 0 Å². The van der Waals surface area contributed by atoms with E-state index in [4.69, 9.17) is 44.5 Å². The summed E-state index contributed by atoms with van der Waals surface area (Å²) in [7, 11) is 0. The van der Waals surface area contributed by atoms with Gasteiger partial charge in [0, 0.05) is 38.1 Å². The largest absolute Gasteiger partial charge is 0.228 e. The number of rotatable bonds is 6. The Kier molecular flexibility index (Phi) is 7.33. The van der Waals surface area contributed by atoms with Crippen LogP contribution in [0.4, 0.5) is 5.69 Å². The average Bonchev–Trinajstić information content (AvgIpc) is 3.36. The molecule has 38 heavy (non-hydrogen) atoms. The van der Waals surface area contributed by atoms with Crippen LogP contribution >= 0.6 is 58.1 Å². The summed E-state index contributed by atoms with van der Waals surface area (Å²) in [5, 5.41) is 2.06. The molecule has 0 atom stereocenters. The van der Waals surface area contributed by atoms with E-state index in [1.54, 1.807) is 11.3 Å². The molecule has 0 spiro atoms. The molecule has 1 heterocycles. The van der Waals surface area contributed by atoms with E-state index in [-0.39, 0.29) is 0 Å². The van der Waals surface area contributed by atoms with Gasteiger partial charge in [-0.1, -0.05) is 83.3 Å². The van der Waals surface area contributed by atoms with Crippen molar-refractivity contribution in [3.05, 3.63) is 124 Å². The van der Waals surface area contributed by atoms with Crippen molar-refractivity contribution in [1.82, 2.24) is 9.71 Å². The fraction of sp³-hybridized carbons (Fsp3) is 0. The Morgan fingerprint density at radius 3 is 1.61 bits per heavy atom. The molecule has 7 heteroatoms. The maximum atomic E-state index is 6.24. The second kappa shape index (κ2) is 11.0. The smallest absolute Gasteiger partial charge is 0.173 e. The van der Waals surface area contributed by atoms with Gasteiger partial charge in [0.15, 0.2) is 4.34 Å². The molecule has 5 aromatic carbocycles. The van der Waals surface area contributed by atoms with Gasteiger partial charge in [0.2, 0.25) is 0 Å². The summed E-state index contributed by atoms with van der Waals surface area (Å²) in [4.78, 5) is 4.77. The summed E-state index contributed by atoms with van der Waals surface area (Å²) >= 11 is 21.7. The van der Waals surface area contributed by atoms with Gasteiger partial charge in [-0.2, -0.15) is 0 Å². The normalized spacial score (nSPS) is 11.1. The molecule has 6 aromatic rings. The number of hydrogen-bond acceptors (Lipinski definition) is 3. The van der Waals surface area contributed by atoms with E-state index in [1.807, 2.05) is 91.0 Å². The number of hydrogen-bond donors (Lipinski definition) is 0. The first-order valence-electron chi connectivity index (χ1n) is 11.7. The number of aromatic nitrogens is 1. The second-order valence-electron chi connectivity index (χ2n) is 8.57. The molecule has 1 aromatic heterocycles. The summed E-state index contributed by atoms with van der Waals surface area (Å²) in [5.74, 6) is 0. The molecule has 0 saturated carbocycles. The van der Waals surface area contributed by atoms with E-state index >= 15 is 0 Å². The number of benzene rings is 5. The first-order valence-corrected chi connectivity index (χ1v) is 14.5. The Bertz CT molecular complexity index is 1630. The number of nitrogens with zero attached hydrogens (tertiary/aromatic N) is 2. The minimum atomic E-state index is 0.683. The van der Waals surface area contributed by atoms with Gasteiger partial charge in [-0.15, -0.1) is 11.3 Å². The first-order chi connectivity index (χ1) is 18.5. The zero-order chi connectivity index (χ0) is 26.1. The zero-order valence-electron chi connectivity index (χ0n) is 19.7. The molecular weight excluding hydrogens is 571 g/mol. The third-order valence-electron chi connectivity index (χ3n) is 6.09. The van der Waals surface area contributed by atoms with Crippen molar-refractivity contribution in [2.45, 2.75) is 4.34 Å². The third kappa shape index (κ3) is 5.42. The molecule has 0 amide bonds. The summed E-state index contributed by atoms with van der Waals surface area (Å²) in [6.45, 7) is 0. The number of thiazole rings is 1. The number of para-hydroxylation sites is 1. The van der Waals surface area contributed by atoms with Crippen LogP contribution in [0.2, 0.25) is 15.1 Å². The standard InChI is InChI=1S/C31H18Cl3N2S2/c32-23-11-5-19(6-12-23)22-17-26(20-7-13-24(33)14-8-20)30(27(18-22)21-9-15-25(34)16-10-21)36-38-31-35-28-3-1-2-4-29(28)37-31/h1-18H. The van der Waals surface area contributed by atoms with Crippen LogP contribution in [0.15, 0.2) is 114 Å². The fourth-order valence-corrected chi connectivity index (χ4v) is 6.33. The lowest BCUT2D eigenvalue weighted by molar-refractivity contribution is 1.27. The van der Waals surface area contributed by atoms with Crippen molar-refractivity contribution in [2.24, 2.45) is 0 Å². The monoisotopic (exact) mass is 587 g/mol. The highest BCUT2D eigenvalue weighted by Gasteiger charge is 2.18. The Morgan fingerprint density at radius 1 is 0.579 bits per heavy atom. The van der Waals surface area contributed by atoms with Gasteiger partial charge in [-0.3, -0.25) is 0 Å². The van der Waals surface area contributed by atoms with Crippen molar-refractivity contribution < 1.29 is 0 Å². The first kappa shape index (κ1) is 25.3. The van der Waals surface area contributed by atoms with Gasteiger partial charge < -0.3 is 0 Å². The lowest BCUT2D eigenvalue weighted by Crippen LogP contribution is -1.96. The molecule has 0 bridgehead atoms. The van der Waals surface area contributed by atoms with Crippen molar-refractivity contribution >= 4 is 74.0 Å². The van der Waals surface area contributed by atoms with Gasteiger partial charge >= 0.3 is 0 Å². The van der Waals surface area contributed by atoms with E-state index in [0.717, 1.165) is 53.6 Å². The summed E-state index contributed by atoms with van der Waals surface area (Å²) in [6, 6.07) is 36.0. The minimum Gasteiger partial charge on any atom is -0.228 e. The van der Waals surface area contributed by atoms with Gasteiger partial charge in [0.1, 0.15) is 0 Å². The summed E-state index contributed by atoms with van der Waals surface area (Å²) in [6.07, 6.45) is 0. The van der Waals surface area contributed by atoms with E-state index in [1.165, 1.54) is 11.9 Å². The maximum Gasteiger partial charge on any atom is 0.173 e. The molecule has 0 aliphatic heterocycles. The lowest BCUT2D eigenvalue weighted by Gasteiger charge is -2.17. The van der Waals surface area contributed by atoms with Gasteiger partial charge in [0.25, 0.3) is 0 Å². The van der Waals surface area contributed by atoms with Crippen molar-refractivity contribution in [3.8, 4) is 33.4 Å². The molecule has 2 nitrogen and oxygen atoms in total. The van der Waals surface area contributed by atoms with Crippen LogP contribution in [0.5, 0.6) is 0 Å². The predicted octanol–water partition coefficient (Wildman–Crippen LogP) is 11.2. The van der Waals surface area contributed by atoms with Crippen molar-refractivity contribution in [3.63, 3.8) is 0 Å². The number of fused-ring (bicyclic) bond motifs is 1. The summed E-state index contributed by atoms with van der Waals surface area (Å²) in [5.41, 5.74) is 7.97. The average molecular weight is 589 g/mol.